The molecule has 0 radical (unpaired) electrons. The third-order valence-electron chi connectivity index (χ3n) is 5.70. The van der Waals surface area contributed by atoms with E-state index in [4.69, 9.17) is 0 Å². The molecule has 5 nitrogen and oxygen atoms in total. The number of benzene rings is 3. The Morgan fingerprint density at radius 3 is 2.11 bits per heavy atom. The summed E-state index contributed by atoms with van der Waals surface area (Å²) in [6, 6.07) is 26.0. The minimum atomic E-state index is -0.514. The lowest BCUT2D eigenvalue weighted by molar-refractivity contribution is -0.117. The summed E-state index contributed by atoms with van der Waals surface area (Å²) in [4.78, 5) is 30.7. The van der Waals surface area contributed by atoms with E-state index in [-0.39, 0.29) is 29.5 Å². The van der Waals surface area contributed by atoms with Gasteiger partial charge in [0.2, 0.25) is 11.8 Å². The maximum absolute atomic E-state index is 14.3. The van der Waals surface area contributed by atoms with Gasteiger partial charge in [-0.15, -0.1) is 11.3 Å². The molecule has 4 rings (SSSR count). The molecule has 0 bridgehead atoms. The first-order valence-electron chi connectivity index (χ1n) is 11.5. The van der Waals surface area contributed by atoms with Crippen LogP contribution in [0.5, 0.6) is 0 Å². The molecular formula is C29H26FN3O2S. The highest BCUT2D eigenvalue weighted by Gasteiger charge is 2.23. The first-order valence-corrected chi connectivity index (χ1v) is 12.4. The number of nitrogens with zero attached hydrogens (tertiary/aromatic N) is 2. The lowest BCUT2D eigenvalue weighted by Gasteiger charge is -2.25. The van der Waals surface area contributed by atoms with Crippen molar-refractivity contribution in [2.24, 2.45) is 0 Å². The van der Waals surface area contributed by atoms with Crippen molar-refractivity contribution in [2.75, 3.05) is 4.90 Å². The van der Waals surface area contributed by atoms with E-state index in [1.807, 2.05) is 43.3 Å². The molecule has 0 aliphatic carbocycles. The van der Waals surface area contributed by atoms with Crippen molar-refractivity contribution in [3.8, 4) is 0 Å². The zero-order valence-corrected chi connectivity index (χ0v) is 20.8. The van der Waals surface area contributed by atoms with Gasteiger partial charge in [-0.3, -0.25) is 14.5 Å². The minimum Gasteiger partial charge on any atom is -0.349 e. The molecule has 0 aliphatic rings. The number of thiazole rings is 1. The zero-order chi connectivity index (χ0) is 25.5. The molecule has 182 valence electrons. The van der Waals surface area contributed by atoms with Gasteiger partial charge < -0.3 is 5.32 Å². The van der Waals surface area contributed by atoms with Gasteiger partial charge >= 0.3 is 0 Å². The van der Waals surface area contributed by atoms with Crippen LogP contribution in [0.15, 0.2) is 96.4 Å². The largest absolute Gasteiger partial charge is 0.349 e. The van der Waals surface area contributed by atoms with E-state index >= 15 is 0 Å². The van der Waals surface area contributed by atoms with Gasteiger partial charge in [-0.2, -0.15) is 0 Å². The average Bonchev–Trinajstić information content (AvgIpc) is 3.34. The number of hydrogen-bond acceptors (Lipinski definition) is 4. The Kier molecular flexibility index (Phi) is 8.02. The highest BCUT2D eigenvalue weighted by atomic mass is 32.1. The van der Waals surface area contributed by atoms with Crippen LogP contribution in [0, 0.1) is 5.82 Å². The Balaban J connectivity index is 1.48. The molecule has 7 heteroatoms. The van der Waals surface area contributed by atoms with Gasteiger partial charge in [0.1, 0.15) is 5.82 Å². The summed E-state index contributed by atoms with van der Waals surface area (Å²) in [6.07, 6.45) is 3.01. The SMILES string of the molecule is CC(=O)N(c1nc(/C=C/C(=O)NC(C)C(c2ccccc2)c2ccccc2)cs1)c1ccccc1F. The molecule has 3 aromatic carbocycles. The van der Waals surface area contributed by atoms with Gasteiger partial charge in [-0.1, -0.05) is 72.8 Å². The van der Waals surface area contributed by atoms with Crippen LogP contribution in [0.4, 0.5) is 15.2 Å². The number of hydrogen-bond donors (Lipinski definition) is 1. The minimum absolute atomic E-state index is 0.0134. The van der Waals surface area contributed by atoms with Crippen LogP contribution >= 0.6 is 11.3 Å². The summed E-state index contributed by atoms with van der Waals surface area (Å²) >= 11 is 1.20. The zero-order valence-electron chi connectivity index (χ0n) is 20.0. The summed E-state index contributed by atoms with van der Waals surface area (Å²) in [5.41, 5.74) is 2.86. The first kappa shape index (κ1) is 25.0. The molecule has 1 unspecified atom stereocenters. The monoisotopic (exact) mass is 499 g/mol. The van der Waals surface area contributed by atoms with Crippen LogP contribution in [0.25, 0.3) is 6.08 Å². The fourth-order valence-electron chi connectivity index (χ4n) is 4.10. The van der Waals surface area contributed by atoms with Crippen molar-refractivity contribution in [1.29, 1.82) is 0 Å². The topological polar surface area (TPSA) is 62.3 Å². The predicted molar refractivity (Wildman–Crippen MR) is 143 cm³/mol. The van der Waals surface area contributed by atoms with Gasteiger partial charge in [0.25, 0.3) is 0 Å². The quantitative estimate of drug-likeness (QED) is 0.289. The van der Waals surface area contributed by atoms with Gasteiger partial charge in [0.15, 0.2) is 5.13 Å². The molecule has 2 amide bonds. The average molecular weight is 500 g/mol. The van der Waals surface area contributed by atoms with E-state index < -0.39 is 5.82 Å². The number of nitrogens with one attached hydrogen (secondary N) is 1. The van der Waals surface area contributed by atoms with Gasteiger partial charge in [0, 0.05) is 30.3 Å². The van der Waals surface area contributed by atoms with Crippen molar-refractivity contribution in [1.82, 2.24) is 10.3 Å². The first-order chi connectivity index (χ1) is 17.4. The number of carbonyl (C=O) groups is 2. The van der Waals surface area contributed by atoms with Gasteiger partial charge in [-0.05, 0) is 36.3 Å². The van der Waals surface area contributed by atoms with Crippen LogP contribution in [0.3, 0.4) is 0 Å². The molecule has 0 fully saturated rings. The fraction of sp³-hybridized carbons (Fsp3) is 0.138. The van der Waals surface area contributed by atoms with Crippen LogP contribution in [-0.4, -0.2) is 22.8 Å². The Hall–Kier alpha value is -4.10. The van der Waals surface area contributed by atoms with Gasteiger partial charge in [0.05, 0.1) is 11.4 Å². The van der Waals surface area contributed by atoms with E-state index in [1.165, 1.54) is 41.4 Å². The van der Waals surface area contributed by atoms with Crippen molar-refractivity contribution in [2.45, 2.75) is 25.8 Å². The second kappa shape index (κ2) is 11.6. The Morgan fingerprint density at radius 2 is 1.53 bits per heavy atom. The lowest BCUT2D eigenvalue weighted by Crippen LogP contribution is -2.36. The molecular weight excluding hydrogens is 473 g/mol. The molecule has 0 aliphatic heterocycles. The smallest absolute Gasteiger partial charge is 0.244 e. The van der Waals surface area contributed by atoms with E-state index in [0.29, 0.717) is 10.8 Å². The van der Waals surface area contributed by atoms with Crippen LogP contribution in [-0.2, 0) is 9.59 Å². The predicted octanol–water partition coefficient (Wildman–Crippen LogP) is 6.32. The number of aromatic nitrogens is 1. The maximum atomic E-state index is 14.3. The molecule has 4 aromatic rings. The number of anilines is 2. The third kappa shape index (κ3) is 5.93. The lowest BCUT2D eigenvalue weighted by atomic mass is 9.86. The number of carbonyl (C=O) groups excluding carboxylic acids is 2. The third-order valence-corrected chi connectivity index (χ3v) is 6.55. The summed E-state index contributed by atoms with van der Waals surface area (Å²) in [5, 5.41) is 5.11. The van der Waals surface area contributed by atoms with Crippen molar-refractivity contribution >= 4 is 40.0 Å². The highest BCUT2D eigenvalue weighted by molar-refractivity contribution is 7.14. The van der Waals surface area contributed by atoms with E-state index in [2.05, 4.69) is 34.6 Å². The molecule has 0 spiro atoms. The van der Waals surface area contributed by atoms with E-state index in [0.717, 1.165) is 11.1 Å². The number of amides is 2. The fourth-order valence-corrected chi connectivity index (χ4v) is 4.95. The molecule has 1 aromatic heterocycles. The van der Waals surface area contributed by atoms with Crippen molar-refractivity contribution < 1.29 is 14.0 Å². The Bertz CT molecular complexity index is 1320. The van der Waals surface area contributed by atoms with E-state index in [1.54, 1.807) is 23.6 Å². The molecule has 1 atom stereocenters. The van der Waals surface area contributed by atoms with Crippen LogP contribution in [0.1, 0.15) is 36.6 Å². The number of para-hydroxylation sites is 1. The van der Waals surface area contributed by atoms with E-state index in [9.17, 15) is 14.0 Å². The second-order valence-corrected chi connectivity index (χ2v) is 9.13. The normalized spacial score (nSPS) is 12.0. The van der Waals surface area contributed by atoms with Crippen LogP contribution < -0.4 is 10.2 Å². The summed E-state index contributed by atoms with van der Waals surface area (Å²) in [7, 11) is 0. The molecule has 0 saturated heterocycles. The molecule has 1 heterocycles. The molecule has 0 saturated carbocycles. The Labute approximate surface area is 213 Å². The van der Waals surface area contributed by atoms with Gasteiger partial charge in [-0.25, -0.2) is 9.37 Å². The number of rotatable bonds is 8. The highest BCUT2D eigenvalue weighted by Crippen LogP contribution is 2.31. The van der Waals surface area contributed by atoms with Crippen molar-refractivity contribution in [3.05, 3.63) is 119 Å². The standard InChI is InChI=1S/C29H26FN3O2S/c1-20(28(22-11-5-3-6-12-22)23-13-7-4-8-14-23)31-27(35)18-17-24-19-36-29(32-24)33(21(2)34)26-16-10-9-15-25(26)30/h3-20,28H,1-2H3,(H,31,35)/b18-17+. The maximum Gasteiger partial charge on any atom is 0.244 e. The summed E-state index contributed by atoms with van der Waals surface area (Å²) in [6.45, 7) is 3.34. The Morgan fingerprint density at radius 1 is 0.944 bits per heavy atom. The number of halogens is 1. The molecule has 1 N–H and O–H groups in total. The summed E-state index contributed by atoms with van der Waals surface area (Å²) in [5.74, 6) is -1.14. The van der Waals surface area contributed by atoms with Crippen molar-refractivity contribution in [3.63, 3.8) is 0 Å². The summed E-state index contributed by atoms with van der Waals surface area (Å²) < 4.78 is 14.3. The second-order valence-electron chi connectivity index (χ2n) is 8.29. The molecule has 36 heavy (non-hydrogen) atoms. The van der Waals surface area contributed by atoms with Crippen LogP contribution in [0.2, 0.25) is 0 Å².